The van der Waals surface area contributed by atoms with Crippen LogP contribution in [0, 0.1) is 6.92 Å². The summed E-state index contributed by atoms with van der Waals surface area (Å²) in [7, 11) is 0. The van der Waals surface area contributed by atoms with Crippen LogP contribution in [0.2, 0.25) is 0 Å². The lowest BCUT2D eigenvalue weighted by Crippen LogP contribution is -2.37. The topological polar surface area (TPSA) is 32.3 Å². The summed E-state index contributed by atoms with van der Waals surface area (Å²) in [5, 5.41) is 3.15. The Hall–Kier alpha value is -1.94. The minimum absolute atomic E-state index is 0.0490. The van der Waals surface area contributed by atoms with Crippen molar-refractivity contribution in [3.63, 3.8) is 0 Å². The van der Waals surface area contributed by atoms with Crippen molar-refractivity contribution in [2.75, 3.05) is 29.1 Å². The molecule has 0 saturated carbocycles. The van der Waals surface area contributed by atoms with E-state index in [4.69, 9.17) is 0 Å². The number of fused-ring (bicyclic) bond motifs is 1. The third-order valence-corrected chi connectivity index (χ3v) is 5.39. The van der Waals surface area contributed by atoms with Gasteiger partial charge in [0.15, 0.2) is 0 Å². The quantitative estimate of drug-likeness (QED) is 0.878. The zero-order valence-corrected chi connectivity index (χ0v) is 15.3. The Labute approximate surface area is 148 Å². The summed E-state index contributed by atoms with van der Waals surface area (Å²) in [6.07, 6.45) is 0. The van der Waals surface area contributed by atoms with Crippen LogP contribution >= 0.6 is 11.8 Å². The minimum atomic E-state index is 0.0490. The number of thioether (sulfide) groups is 1. The summed E-state index contributed by atoms with van der Waals surface area (Å²) in [5.74, 6) is 1.45. The number of nitrogens with one attached hydrogen (secondary N) is 1. The Morgan fingerprint density at radius 3 is 2.79 bits per heavy atom. The molecule has 0 unspecified atom stereocenters. The van der Waals surface area contributed by atoms with Gasteiger partial charge in [-0.2, -0.15) is 0 Å². The molecule has 2 aromatic carbocycles. The molecule has 3 nitrogen and oxygen atoms in total. The lowest BCUT2D eigenvalue weighted by Gasteiger charge is -2.30. The number of aryl methyl sites for hydroxylation is 1. The number of rotatable bonds is 4. The molecule has 3 rings (SSSR count). The number of nitrogens with zero attached hydrogens (tertiary/aromatic N) is 1. The van der Waals surface area contributed by atoms with E-state index in [1.165, 1.54) is 10.5 Å². The second-order valence-electron chi connectivity index (χ2n) is 6.48. The number of anilines is 2. The molecule has 0 aliphatic carbocycles. The third-order valence-electron chi connectivity index (χ3n) is 4.35. The largest absolute Gasteiger partial charge is 0.360 e. The highest BCUT2D eigenvalue weighted by atomic mass is 32.2. The lowest BCUT2D eigenvalue weighted by molar-refractivity contribution is -0.115. The number of hydrogen-bond donors (Lipinski definition) is 1. The summed E-state index contributed by atoms with van der Waals surface area (Å²) in [4.78, 5) is 16.1. The molecular formula is C20H24N2OS. The van der Waals surface area contributed by atoms with Crippen molar-refractivity contribution in [2.45, 2.75) is 31.6 Å². The van der Waals surface area contributed by atoms with Gasteiger partial charge in [-0.3, -0.25) is 4.79 Å². The van der Waals surface area contributed by atoms with Crippen molar-refractivity contribution in [3.8, 4) is 0 Å². The Bertz CT molecular complexity index is 742. The van der Waals surface area contributed by atoms with Crippen LogP contribution in [0.4, 0.5) is 11.4 Å². The van der Waals surface area contributed by atoms with Gasteiger partial charge in [0.2, 0.25) is 5.91 Å². The van der Waals surface area contributed by atoms with Crippen LogP contribution < -0.4 is 10.2 Å². The zero-order chi connectivity index (χ0) is 17.1. The molecule has 1 N–H and O–H groups in total. The lowest BCUT2D eigenvalue weighted by atomic mass is 9.98. The summed E-state index contributed by atoms with van der Waals surface area (Å²) < 4.78 is 0. The number of carbonyl (C=O) groups is 1. The summed E-state index contributed by atoms with van der Waals surface area (Å²) in [5.41, 5.74) is 4.44. The standard InChI is InChI=1S/C20H24N2OS/c1-14(2)16-8-6-7-15(3)20(16)21-19(23)13-22-11-12-24-18-10-5-4-9-17(18)22/h4-10,14H,11-13H2,1-3H3,(H,21,23). The summed E-state index contributed by atoms with van der Waals surface area (Å²) in [6, 6.07) is 14.5. The maximum atomic E-state index is 12.7. The first-order valence-corrected chi connectivity index (χ1v) is 9.41. The van der Waals surface area contributed by atoms with E-state index in [1.807, 2.05) is 30.8 Å². The molecule has 0 radical (unpaired) electrons. The van der Waals surface area contributed by atoms with Crippen LogP contribution in [0.25, 0.3) is 0 Å². The molecule has 0 bridgehead atoms. The van der Waals surface area contributed by atoms with E-state index in [0.717, 1.165) is 29.2 Å². The molecule has 4 heteroatoms. The molecule has 0 spiro atoms. The maximum absolute atomic E-state index is 12.7. The first kappa shape index (κ1) is 16.9. The number of carbonyl (C=O) groups excluding carboxylic acids is 1. The van der Waals surface area contributed by atoms with E-state index in [-0.39, 0.29) is 5.91 Å². The van der Waals surface area contributed by atoms with Crippen molar-refractivity contribution in [3.05, 3.63) is 53.6 Å². The van der Waals surface area contributed by atoms with Gasteiger partial charge in [-0.15, -0.1) is 11.8 Å². The molecule has 1 aliphatic heterocycles. The van der Waals surface area contributed by atoms with E-state index >= 15 is 0 Å². The van der Waals surface area contributed by atoms with Gasteiger partial charge in [-0.05, 0) is 36.1 Å². The van der Waals surface area contributed by atoms with Crippen molar-refractivity contribution in [1.82, 2.24) is 0 Å². The number of benzene rings is 2. The normalized spacial score (nSPS) is 13.8. The summed E-state index contributed by atoms with van der Waals surface area (Å²) >= 11 is 1.86. The monoisotopic (exact) mass is 340 g/mol. The molecular weight excluding hydrogens is 316 g/mol. The average Bonchev–Trinajstić information content (AvgIpc) is 2.57. The number of amides is 1. The van der Waals surface area contributed by atoms with Gasteiger partial charge in [0.05, 0.1) is 12.2 Å². The highest BCUT2D eigenvalue weighted by Crippen LogP contribution is 2.34. The van der Waals surface area contributed by atoms with E-state index in [0.29, 0.717) is 12.5 Å². The first-order chi connectivity index (χ1) is 11.6. The zero-order valence-electron chi connectivity index (χ0n) is 14.5. The van der Waals surface area contributed by atoms with Crippen LogP contribution in [-0.2, 0) is 4.79 Å². The van der Waals surface area contributed by atoms with E-state index in [9.17, 15) is 4.79 Å². The van der Waals surface area contributed by atoms with Gasteiger partial charge in [-0.1, -0.05) is 44.2 Å². The molecule has 0 aromatic heterocycles. The SMILES string of the molecule is Cc1cccc(C(C)C)c1NC(=O)CN1CCSc2ccccc21. The van der Waals surface area contributed by atoms with Gasteiger partial charge < -0.3 is 10.2 Å². The predicted octanol–water partition coefficient (Wildman–Crippen LogP) is 4.67. The third kappa shape index (κ3) is 3.59. The fourth-order valence-electron chi connectivity index (χ4n) is 3.09. The Kier molecular flexibility index (Phi) is 5.14. The van der Waals surface area contributed by atoms with Gasteiger partial charge in [0.1, 0.15) is 0 Å². The van der Waals surface area contributed by atoms with Crippen LogP contribution in [0.15, 0.2) is 47.4 Å². The highest BCUT2D eigenvalue weighted by molar-refractivity contribution is 7.99. The Balaban J connectivity index is 1.76. The van der Waals surface area contributed by atoms with Crippen molar-refractivity contribution >= 4 is 29.0 Å². The second-order valence-corrected chi connectivity index (χ2v) is 7.62. The smallest absolute Gasteiger partial charge is 0.243 e. The van der Waals surface area contributed by atoms with Crippen LogP contribution in [0.3, 0.4) is 0 Å². The second kappa shape index (κ2) is 7.31. The molecule has 24 heavy (non-hydrogen) atoms. The molecule has 1 heterocycles. The maximum Gasteiger partial charge on any atom is 0.243 e. The Morgan fingerprint density at radius 1 is 1.21 bits per heavy atom. The van der Waals surface area contributed by atoms with Gasteiger partial charge >= 0.3 is 0 Å². The molecule has 1 amide bonds. The number of para-hydroxylation sites is 2. The van der Waals surface area contributed by atoms with Crippen molar-refractivity contribution in [2.24, 2.45) is 0 Å². The summed E-state index contributed by atoms with van der Waals surface area (Å²) in [6.45, 7) is 7.66. The molecule has 0 fully saturated rings. The van der Waals surface area contributed by atoms with Gasteiger partial charge in [0, 0.05) is 22.9 Å². The molecule has 2 aromatic rings. The molecule has 0 saturated heterocycles. The fourth-order valence-corrected chi connectivity index (χ4v) is 4.14. The molecule has 1 aliphatic rings. The van der Waals surface area contributed by atoms with Crippen LogP contribution in [-0.4, -0.2) is 24.7 Å². The van der Waals surface area contributed by atoms with Crippen LogP contribution in [0.1, 0.15) is 30.9 Å². The van der Waals surface area contributed by atoms with Crippen molar-refractivity contribution < 1.29 is 4.79 Å². The highest BCUT2D eigenvalue weighted by Gasteiger charge is 2.20. The van der Waals surface area contributed by atoms with E-state index < -0.39 is 0 Å². The fraction of sp³-hybridized carbons (Fsp3) is 0.350. The van der Waals surface area contributed by atoms with Crippen LogP contribution in [0.5, 0.6) is 0 Å². The average molecular weight is 340 g/mol. The van der Waals surface area contributed by atoms with Crippen molar-refractivity contribution in [1.29, 1.82) is 0 Å². The number of hydrogen-bond acceptors (Lipinski definition) is 3. The van der Waals surface area contributed by atoms with E-state index in [1.54, 1.807) is 0 Å². The minimum Gasteiger partial charge on any atom is -0.360 e. The van der Waals surface area contributed by atoms with Gasteiger partial charge in [-0.25, -0.2) is 0 Å². The molecule has 0 atom stereocenters. The first-order valence-electron chi connectivity index (χ1n) is 8.42. The Morgan fingerprint density at radius 2 is 2.00 bits per heavy atom. The van der Waals surface area contributed by atoms with E-state index in [2.05, 4.69) is 54.4 Å². The predicted molar refractivity (Wildman–Crippen MR) is 103 cm³/mol. The van der Waals surface area contributed by atoms with Gasteiger partial charge in [0.25, 0.3) is 0 Å². The molecule has 126 valence electrons.